The van der Waals surface area contributed by atoms with Crippen molar-refractivity contribution in [1.82, 2.24) is 4.98 Å². The minimum atomic E-state index is -2.87. The number of hydrogen-bond donors (Lipinski definition) is 1. The normalized spacial score (nSPS) is 36.0. The van der Waals surface area contributed by atoms with E-state index in [1.165, 1.54) is 56.4 Å². The second kappa shape index (κ2) is 16.7. The number of cyclic esters (lactones) is 1. The summed E-state index contributed by atoms with van der Waals surface area (Å²) in [5.74, 6) is -11.8. The molecule has 0 unspecified atom stereocenters. The second-order valence-corrected chi connectivity index (χ2v) is 16.5. The molecule has 3 heterocycles. The number of fused-ring (bicyclic) bond motifs is 5. The fraction of sp³-hybridized carbons (Fsp3) is 0.558. The van der Waals surface area contributed by atoms with Gasteiger partial charge in [-0.1, -0.05) is 32.0 Å². The van der Waals surface area contributed by atoms with Crippen LogP contribution in [0.15, 0.2) is 48.7 Å². The Kier molecular flexibility index (Phi) is 12.3. The van der Waals surface area contributed by atoms with Crippen molar-refractivity contribution in [3.8, 4) is 0 Å². The van der Waals surface area contributed by atoms with Crippen molar-refractivity contribution in [2.75, 3.05) is 13.2 Å². The SMILES string of the molecule is CC(=O)OC[C@]12[C@H](OC(C)=O)[C@@H](OC(C)=O)[C@H]3[C@H](OC(C)=O)[C@]14O[C@@]3(C)COC(=O)c1cccnc1[C@H](C)[C@H](C)C(=O)O[C@H]([C@@H](OC(=O)c1ccccc1)[C@@H]2OC(C)=O)[C@]4(C)O. The number of aliphatic hydroxyl groups is 1. The molecular formula is C43H49NO18. The minimum absolute atomic E-state index is 0.0497. The van der Waals surface area contributed by atoms with Crippen molar-refractivity contribution < 1.29 is 86.1 Å². The maximum Gasteiger partial charge on any atom is 0.340 e. The summed E-state index contributed by atoms with van der Waals surface area (Å²) in [5.41, 5.74) is -10.3. The number of rotatable bonds is 8. The van der Waals surface area contributed by atoms with E-state index in [-0.39, 0.29) is 16.8 Å². The number of pyridine rings is 1. The van der Waals surface area contributed by atoms with Gasteiger partial charge in [0.2, 0.25) is 0 Å². The zero-order chi connectivity index (χ0) is 45.7. The van der Waals surface area contributed by atoms with Gasteiger partial charge in [0.25, 0.3) is 0 Å². The second-order valence-electron chi connectivity index (χ2n) is 16.5. The van der Waals surface area contributed by atoms with Crippen molar-refractivity contribution in [1.29, 1.82) is 0 Å². The van der Waals surface area contributed by atoms with Crippen LogP contribution < -0.4 is 0 Å². The van der Waals surface area contributed by atoms with Crippen LogP contribution >= 0.6 is 0 Å². The van der Waals surface area contributed by atoms with E-state index in [1.54, 1.807) is 13.0 Å². The highest BCUT2D eigenvalue weighted by atomic mass is 16.7. The van der Waals surface area contributed by atoms with Crippen LogP contribution in [-0.2, 0) is 71.4 Å². The summed E-state index contributed by atoms with van der Waals surface area (Å²) in [6.07, 6.45) is -10.8. The molecule has 2 aliphatic carbocycles. The van der Waals surface area contributed by atoms with Crippen LogP contribution in [0.4, 0.5) is 0 Å². The van der Waals surface area contributed by atoms with Crippen LogP contribution in [0.1, 0.15) is 94.6 Å². The van der Waals surface area contributed by atoms with Crippen LogP contribution in [0.3, 0.4) is 0 Å². The third-order valence-corrected chi connectivity index (χ3v) is 12.4. The molecule has 2 saturated carbocycles. The zero-order valence-electron chi connectivity index (χ0n) is 35.6. The highest BCUT2D eigenvalue weighted by Gasteiger charge is 2.92. The van der Waals surface area contributed by atoms with E-state index in [0.717, 1.165) is 41.5 Å². The predicted molar refractivity (Wildman–Crippen MR) is 205 cm³/mol. The third-order valence-electron chi connectivity index (χ3n) is 12.4. The Labute approximate surface area is 355 Å². The molecule has 4 aliphatic rings. The van der Waals surface area contributed by atoms with Gasteiger partial charge in [0.05, 0.1) is 28.7 Å². The molecule has 19 heteroatoms. The van der Waals surface area contributed by atoms with E-state index in [2.05, 4.69) is 4.98 Å². The summed E-state index contributed by atoms with van der Waals surface area (Å²) in [4.78, 5) is 114. The van der Waals surface area contributed by atoms with Gasteiger partial charge in [-0.2, -0.15) is 0 Å². The molecule has 0 amide bonds. The molecule has 1 aromatic heterocycles. The Hall–Kier alpha value is -5.95. The van der Waals surface area contributed by atoms with Crippen molar-refractivity contribution in [3.63, 3.8) is 0 Å². The first-order chi connectivity index (χ1) is 29.0. The lowest BCUT2D eigenvalue weighted by Gasteiger charge is -2.67. The largest absolute Gasteiger partial charge is 0.465 e. The highest BCUT2D eigenvalue weighted by molar-refractivity contribution is 5.91. The standard InChI is InChI=1S/C43H49NO18/c1-20-21(2)37(50)61-34-32(60-38(51)27-14-11-10-12-15-27)36(59-26(7)49)42(19-54-22(3)45)35(58-25(6)48)31(56-23(4)46)29-33(57-24(5)47)43(42,41(34,9)53)62-40(29,8)18-55-39(52)28-16-13-17-44-30(20)28/h10-17,20-21,29,31-36,53H,18-19H2,1-9H3/t20-,21+,29+,31+,32-,33+,34-,35-,36+,40+,41+,42-,43-/m1/s1. The van der Waals surface area contributed by atoms with Crippen LogP contribution in [0, 0.1) is 17.3 Å². The van der Waals surface area contributed by atoms with E-state index >= 15 is 0 Å². The lowest BCUT2D eigenvalue weighted by molar-refractivity contribution is -0.386. The maximum absolute atomic E-state index is 14.6. The van der Waals surface area contributed by atoms with Crippen LogP contribution in [0.25, 0.3) is 0 Å². The molecule has 2 aliphatic heterocycles. The third kappa shape index (κ3) is 7.43. The van der Waals surface area contributed by atoms with Gasteiger partial charge < -0.3 is 47.7 Å². The zero-order valence-corrected chi connectivity index (χ0v) is 35.6. The predicted octanol–water partition coefficient (Wildman–Crippen LogP) is 2.33. The molecule has 0 radical (unpaired) electrons. The summed E-state index contributed by atoms with van der Waals surface area (Å²) in [5, 5.41) is 13.7. The number of carbonyl (C=O) groups excluding carboxylic acids is 8. The summed E-state index contributed by atoms with van der Waals surface area (Å²) >= 11 is 0. The van der Waals surface area contributed by atoms with Crippen LogP contribution in [0.2, 0.25) is 0 Å². The molecule has 4 bridgehead atoms. The molecule has 3 fully saturated rings. The van der Waals surface area contributed by atoms with Crippen molar-refractivity contribution in [2.45, 2.75) is 122 Å². The van der Waals surface area contributed by atoms with E-state index in [1.807, 2.05) is 0 Å². The van der Waals surface area contributed by atoms with E-state index in [4.69, 9.17) is 42.6 Å². The van der Waals surface area contributed by atoms with E-state index in [0.29, 0.717) is 0 Å². The lowest BCUT2D eigenvalue weighted by Crippen LogP contribution is -2.89. The van der Waals surface area contributed by atoms with Gasteiger partial charge >= 0.3 is 47.8 Å². The average molecular weight is 868 g/mol. The molecule has 13 atom stereocenters. The quantitative estimate of drug-likeness (QED) is 0.295. The number of esters is 8. The Morgan fingerprint density at radius 2 is 1.32 bits per heavy atom. The molecule has 1 spiro atoms. The summed E-state index contributed by atoms with van der Waals surface area (Å²) in [6.45, 7) is 8.69. The van der Waals surface area contributed by atoms with Crippen molar-refractivity contribution in [2.24, 2.45) is 17.3 Å². The average Bonchev–Trinajstić information content (AvgIpc) is 3.42. The van der Waals surface area contributed by atoms with E-state index < -0.39 is 138 Å². The van der Waals surface area contributed by atoms with E-state index in [9.17, 15) is 43.5 Å². The van der Waals surface area contributed by atoms with Crippen molar-refractivity contribution >= 4 is 47.8 Å². The Balaban J connectivity index is 1.80. The van der Waals surface area contributed by atoms with Gasteiger partial charge in [0.15, 0.2) is 30.0 Å². The Bertz CT molecular complexity index is 2160. The first-order valence-corrected chi connectivity index (χ1v) is 19.9. The minimum Gasteiger partial charge on any atom is -0.465 e. The molecule has 19 nitrogen and oxygen atoms in total. The molecular weight excluding hydrogens is 818 g/mol. The molecule has 62 heavy (non-hydrogen) atoms. The highest BCUT2D eigenvalue weighted by Crippen LogP contribution is 2.70. The molecule has 2 aromatic rings. The lowest BCUT2D eigenvalue weighted by atomic mass is 9.45. The van der Waals surface area contributed by atoms with Gasteiger partial charge in [-0.25, -0.2) is 9.59 Å². The summed E-state index contributed by atoms with van der Waals surface area (Å²) in [7, 11) is 0. The first kappa shape index (κ1) is 45.6. The number of hydrogen-bond acceptors (Lipinski definition) is 19. The summed E-state index contributed by atoms with van der Waals surface area (Å²) < 4.78 is 55.4. The smallest absolute Gasteiger partial charge is 0.340 e. The number of carbonyl (C=O) groups is 8. The molecule has 1 aromatic carbocycles. The van der Waals surface area contributed by atoms with Crippen LogP contribution in [0.5, 0.6) is 0 Å². The fourth-order valence-corrected chi connectivity index (χ4v) is 9.82. The number of nitrogens with zero attached hydrogens (tertiary/aromatic N) is 1. The van der Waals surface area contributed by atoms with Crippen molar-refractivity contribution in [3.05, 3.63) is 65.5 Å². The Morgan fingerprint density at radius 1 is 0.742 bits per heavy atom. The van der Waals surface area contributed by atoms with Gasteiger partial charge in [-0.05, 0) is 38.1 Å². The van der Waals surface area contributed by atoms with Gasteiger partial charge in [0.1, 0.15) is 42.0 Å². The summed E-state index contributed by atoms with van der Waals surface area (Å²) in [6, 6.07) is 10.3. The fourth-order valence-electron chi connectivity index (χ4n) is 9.82. The first-order valence-electron chi connectivity index (χ1n) is 19.9. The monoisotopic (exact) mass is 867 g/mol. The topological polar surface area (TPSA) is 253 Å². The number of aromatic nitrogens is 1. The maximum atomic E-state index is 14.6. The Morgan fingerprint density at radius 3 is 1.90 bits per heavy atom. The molecule has 6 rings (SSSR count). The molecule has 1 saturated heterocycles. The van der Waals surface area contributed by atoms with Gasteiger partial charge in [-0.3, -0.25) is 33.8 Å². The number of ether oxygens (including phenoxy) is 9. The molecule has 1 N–H and O–H groups in total. The molecule has 334 valence electrons. The number of benzene rings is 1. The van der Waals surface area contributed by atoms with Crippen LogP contribution in [-0.4, -0.2) is 124 Å². The van der Waals surface area contributed by atoms with Gasteiger partial charge in [-0.15, -0.1) is 0 Å². The van der Waals surface area contributed by atoms with Gasteiger partial charge in [0, 0.05) is 46.7 Å².